The van der Waals surface area contributed by atoms with Gasteiger partial charge in [-0.1, -0.05) is 0 Å². The van der Waals surface area contributed by atoms with Crippen LogP contribution in [0.4, 0.5) is 10.1 Å². The molecule has 2 atom stereocenters. The highest BCUT2D eigenvalue weighted by molar-refractivity contribution is 5.83. The Morgan fingerprint density at radius 1 is 1.44 bits per heavy atom. The quantitative estimate of drug-likeness (QED) is 0.778. The number of carbonyl (C=O) groups excluding carboxylic acids is 1. The van der Waals surface area contributed by atoms with Crippen molar-refractivity contribution in [2.24, 2.45) is 5.41 Å². The Kier molecular flexibility index (Phi) is 5.29. The van der Waals surface area contributed by atoms with E-state index in [-0.39, 0.29) is 23.9 Å². The van der Waals surface area contributed by atoms with Gasteiger partial charge in [-0.3, -0.25) is 4.79 Å². The number of aliphatic hydroxyl groups excluding tert-OH is 1. The lowest BCUT2D eigenvalue weighted by atomic mass is 9.88. The van der Waals surface area contributed by atoms with Crippen molar-refractivity contribution >= 4 is 11.6 Å². The van der Waals surface area contributed by atoms with Gasteiger partial charge in [-0.2, -0.15) is 0 Å². The van der Waals surface area contributed by atoms with Gasteiger partial charge in [0, 0.05) is 30.9 Å². The van der Waals surface area contributed by atoms with Gasteiger partial charge >= 0.3 is 0 Å². The monoisotopic (exact) mass is 349 g/mol. The van der Waals surface area contributed by atoms with Crippen LogP contribution in [0, 0.1) is 11.2 Å². The number of hydrogen-bond acceptors (Lipinski definition) is 4. The zero-order valence-electron chi connectivity index (χ0n) is 15.0. The van der Waals surface area contributed by atoms with Crippen molar-refractivity contribution in [3.63, 3.8) is 0 Å². The third-order valence-corrected chi connectivity index (χ3v) is 5.53. The number of halogens is 1. The number of aliphatic hydroxyl groups is 1. The summed E-state index contributed by atoms with van der Waals surface area (Å²) in [5, 5.41) is 16.0. The number of hydrogen-bond donors (Lipinski definition) is 3. The standard InChI is InChI=1S/C19H28FN3O2/c1-13(22-18(25)19(2)7-8-21-12-19)16-11-14(20)3-4-17(16)23-9-5-15(24)6-10-23/h3-4,11,13,15,21,24H,5-10,12H2,1-2H3,(H,22,25)/t13-,19-/m1/s1. The Hall–Kier alpha value is -1.66. The summed E-state index contributed by atoms with van der Waals surface area (Å²) < 4.78 is 13.9. The molecule has 0 aliphatic carbocycles. The summed E-state index contributed by atoms with van der Waals surface area (Å²) in [6.45, 7) is 6.86. The SMILES string of the molecule is C[C@@H](NC(=O)[C@]1(C)CCNC1)c1cc(F)ccc1N1CCC(O)CC1. The molecule has 0 radical (unpaired) electrons. The van der Waals surface area contributed by atoms with Crippen LogP contribution in [-0.4, -0.2) is 43.3 Å². The molecule has 2 fully saturated rings. The molecule has 3 rings (SSSR count). The summed E-state index contributed by atoms with van der Waals surface area (Å²) in [5.41, 5.74) is 1.33. The number of anilines is 1. The second-order valence-electron chi connectivity index (χ2n) is 7.60. The maximum absolute atomic E-state index is 13.9. The molecule has 2 aliphatic heterocycles. The Bertz CT molecular complexity index is 623. The minimum absolute atomic E-state index is 0.00859. The normalized spacial score (nSPS) is 25.8. The van der Waals surface area contributed by atoms with E-state index < -0.39 is 5.41 Å². The first-order valence-corrected chi connectivity index (χ1v) is 9.13. The van der Waals surface area contributed by atoms with Crippen LogP contribution in [0.1, 0.15) is 44.7 Å². The van der Waals surface area contributed by atoms with E-state index in [0.717, 1.165) is 37.3 Å². The molecule has 1 aromatic rings. The fraction of sp³-hybridized carbons (Fsp3) is 0.632. The Balaban J connectivity index is 1.78. The molecule has 3 N–H and O–H groups in total. The first kappa shape index (κ1) is 18.1. The van der Waals surface area contributed by atoms with Crippen LogP contribution in [-0.2, 0) is 4.79 Å². The van der Waals surface area contributed by atoms with E-state index in [9.17, 15) is 14.3 Å². The highest BCUT2D eigenvalue weighted by Crippen LogP contribution is 2.31. The van der Waals surface area contributed by atoms with Crippen molar-refractivity contribution < 1.29 is 14.3 Å². The van der Waals surface area contributed by atoms with E-state index in [2.05, 4.69) is 15.5 Å². The van der Waals surface area contributed by atoms with E-state index in [1.807, 2.05) is 13.8 Å². The minimum Gasteiger partial charge on any atom is -0.393 e. The molecule has 2 saturated heterocycles. The zero-order chi connectivity index (χ0) is 18.0. The molecule has 1 amide bonds. The van der Waals surface area contributed by atoms with Crippen LogP contribution in [0.25, 0.3) is 0 Å². The molecule has 0 unspecified atom stereocenters. The second kappa shape index (κ2) is 7.30. The first-order chi connectivity index (χ1) is 11.9. The highest BCUT2D eigenvalue weighted by Gasteiger charge is 2.37. The molecule has 1 aromatic carbocycles. The summed E-state index contributed by atoms with van der Waals surface area (Å²) >= 11 is 0. The summed E-state index contributed by atoms with van der Waals surface area (Å²) in [7, 11) is 0. The van der Waals surface area contributed by atoms with Gasteiger partial charge in [0.1, 0.15) is 5.82 Å². The average Bonchev–Trinajstić information content (AvgIpc) is 3.04. The molecule has 0 aromatic heterocycles. The molecule has 138 valence electrons. The number of piperidine rings is 1. The van der Waals surface area contributed by atoms with Crippen LogP contribution in [0.5, 0.6) is 0 Å². The van der Waals surface area contributed by atoms with E-state index in [4.69, 9.17) is 0 Å². The lowest BCUT2D eigenvalue weighted by Gasteiger charge is -2.34. The van der Waals surface area contributed by atoms with Gasteiger partial charge in [0.25, 0.3) is 0 Å². The molecular formula is C19H28FN3O2. The van der Waals surface area contributed by atoms with Crippen LogP contribution < -0.4 is 15.5 Å². The fourth-order valence-corrected chi connectivity index (χ4v) is 3.73. The predicted octanol–water partition coefficient (Wildman–Crippen LogP) is 1.96. The minimum atomic E-state index is -0.406. The van der Waals surface area contributed by atoms with Gasteiger partial charge in [-0.25, -0.2) is 4.39 Å². The molecule has 25 heavy (non-hydrogen) atoms. The second-order valence-corrected chi connectivity index (χ2v) is 7.60. The van der Waals surface area contributed by atoms with Gasteiger partial charge < -0.3 is 20.6 Å². The van der Waals surface area contributed by atoms with Crippen molar-refractivity contribution in [3.05, 3.63) is 29.6 Å². The number of benzene rings is 1. The van der Waals surface area contributed by atoms with Crippen LogP contribution in [0.15, 0.2) is 18.2 Å². The van der Waals surface area contributed by atoms with Crippen molar-refractivity contribution in [2.75, 3.05) is 31.1 Å². The predicted molar refractivity (Wildman–Crippen MR) is 96.0 cm³/mol. The number of nitrogens with one attached hydrogen (secondary N) is 2. The van der Waals surface area contributed by atoms with Gasteiger partial charge in [-0.05, 0) is 57.9 Å². The molecule has 0 saturated carbocycles. The number of carbonyl (C=O) groups is 1. The molecular weight excluding hydrogens is 321 g/mol. The largest absolute Gasteiger partial charge is 0.393 e. The van der Waals surface area contributed by atoms with Gasteiger partial charge in [0.2, 0.25) is 5.91 Å². The number of nitrogens with zero attached hydrogens (tertiary/aromatic N) is 1. The molecule has 0 bridgehead atoms. The summed E-state index contributed by atoms with van der Waals surface area (Å²) in [6, 6.07) is 4.48. The third-order valence-electron chi connectivity index (χ3n) is 5.53. The van der Waals surface area contributed by atoms with E-state index in [1.54, 1.807) is 6.07 Å². The van der Waals surface area contributed by atoms with Crippen molar-refractivity contribution in [2.45, 2.75) is 45.3 Å². The van der Waals surface area contributed by atoms with Crippen molar-refractivity contribution in [1.82, 2.24) is 10.6 Å². The summed E-state index contributed by atoms with van der Waals surface area (Å²) in [5.74, 6) is -0.292. The third kappa shape index (κ3) is 3.96. The molecule has 6 heteroatoms. The topological polar surface area (TPSA) is 64.6 Å². The smallest absolute Gasteiger partial charge is 0.227 e. The van der Waals surface area contributed by atoms with Crippen molar-refractivity contribution in [1.29, 1.82) is 0 Å². The van der Waals surface area contributed by atoms with Crippen molar-refractivity contribution in [3.8, 4) is 0 Å². The average molecular weight is 349 g/mol. The summed E-state index contributed by atoms with van der Waals surface area (Å²) in [4.78, 5) is 14.8. The van der Waals surface area contributed by atoms with E-state index >= 15 is 0 Å². The van der Waals surface area contributed by atoms with Crippen LogP contribution >= 0.6 is 0 Å². The Labute approximate surface area is 148 Å². The highest BCUT2D eigenvalue weighted by atomic mass is 19.1. The molecule has 2 heterocycles. The maximum Gasteiger partial charge on any atom is 0.227 e. The van der Waals surface area contributed by atoms with Crippen LogP contribution in [0.2, 0.25) is 0 Å². The summed E-state index contributed by atoms with van der Waals surface area (Å²) in [6.07, 6.45) is 1.97. The first-order valence-electron chi connectivity index (χ1n) is 9.13. The van der Waals surface area contributed by atoms with Gasteiger partial charge in [-0.15, -0.1) is 0 Å². The van der Waals surface area contributed by atoms with E-state index in [1.165, 1.54) is 12.1 Å². The Morgan fingerprint density at radius 3 is 2.80 bits per heavy atom. The Morgan fingerprint density at radius 2 is 2.16 bits per heavy atom. The molecule has 5 nitrogen and oxygen atoms in total. The number of amides is 1. The molecule has 0 spiro atoms. The number of rotatable bonds is 4. The fourth-order valence-electron chi connectivity index (χ4n) is 3.73. The van der Waals surface area contributed by atoms with E-state index in [0.29, 0.717) is 19.4 Å². The lowest BCUT2D eigenvalue weighted by Crippen LogP contribution is -2.42. The van der Waals surface area contributed by atoms with Gasteiger partial charge in [0.05, 0.1) is 17.6 Å². The molecule has 2 aliphatic rings. The lowest BCUT2D eigenvalue weighted by molar-refractivity contribution is -0.129. The maximum atomic E-state index is 13.9. The van der Waals surface area contributed by atoms with Crippen LogP contribution in [0.3, 0.4) is 0 Å². The van der Waals surface area contributed by atoms with Gasteiger partial charge in [0.15, 0.2) is 0 Å². The zero-order valence-corrected chi connectivity index (χ0v) is 15.0.